The van der Waals surface area contributed by atoms with Crippen LogP contribution in [-0.2, 0) is 9.53 Å². The summed E-state index contributed by atoms with van der Waals surface area (Å²) in [7, 11) is 0. The molecular weight excluding hydrogens is 360 g/mol. The minimum atomic E-state index is -0.338. The van der Waals surface area contributed by atoms with Crippen molar-refractivity contribution in [1.82, 2.24) is 20.0 Å². The molecule has 0 aliphatic carbocycles. The van der Waals surface area contributed by atoms with E-state index in [0.717, 1.165) is 5.56 Å². The zero-order chi connectivity index (χ0) is 20.1. The van der Waals surface area contributed by atoms with E-state index >= 15 is 0 Å². The Morgan fingerprint density at radius 2 is 1.79 bits per heavy atom. The van der Waals surface area contributed by atoms with Crippen molar-refractivity contribution in [2.45, 2.75) is 32.4 Å². The van der Waals surface area contributed by atoms with Gasteiger partial charge in [-0.25, -0.2) is 9.59 Å². The molecule has 2 unspecified atom stereocenters. The summed E-state index contributed by atoms with van der Waals surface area (Å²) in [6.45, 7) is 6.43. The Balaban J connectivity index is 1.49. The molecule has 2 heterocycles. The fourth-order valence-electron chi connectivity index (χ4n) is 3.69. The van der Waals surface area contributed by atoms with Gasteiger partial charge in [0.15, 0.2) is 0 Å². The number of amides is 4. The summed E-state index contributed by atoms with van der Waals surface area (Å²) in [6, 6.07) is 9.48. The zero-order valence-corrected chi connectivity index (χ0v) is 16.5. The first kappa shape index (κ1) is 20.0. The van der Waals surface area contributed by atoms with E-state index < -0.39 is 0 Å². The van der Waals surface area contributed by atoms with Crippen molar-refractivity contribution in [2.75, 3.05) is 39.3 Å². The van der Waals surface area contributed by atoms with Gasteiger partial charge in [-0.05, 0) is 19.4 Å². The molecule has 0 radical (unpaired) electrons. The van der Waals surface area contributed by atoms with E-state index in [2.05, 4.69) is 5.32 Å². The Bertz CT molecular complexity index is 703. The maximum Gasteiger partial charge on any atom is 0.409 e. The Hall–Kier alpha value is -2.77. The van der Waals surface area contributed by atoms with Gasteiger partial charge in [-0.3, -0.25) is 4.79 Å². The third-order valence-corrected chi connectivity index (χ3v) is 5.33. The molecule has 152 valence electrons. The summed E-state index contributed by atoms with van der Waals surface area (Å²) >= 11 is 0. The highest BCUT2D eigenvalue weighted by molar-refractivity contribution is 5.82. The number of ether oxygens (including phenoxy) is 1. The lowest BCUT2D eigenvalue weighted by molar-refractivity contribution is -0.129. The predicted octanol–water partition coefficient (Wildman–Crippen LogP) is 1.83. The van der Waals surface area contributed by atoms with Crippen molar-refractivity contribution in [3.05, 3.63) is 35.9 Å². The number of urea groups is 1. The molecule has 8 nitrogen and oxygen atoms in total. The Morgan fingerprint density at radius 1 is 1.14 bits per heavy atom. The molecular formula is C20H28N4O4. The average Bonchev–Trinajstić information content (AvgIpc) is 3.08. The second-order valence-electron chi connectivity index (χ2n) is 7.16. The lowest BCUT2D eigenvalue weighted by atomic mass is 10.1. The summed E-state index contributed by atoms with van der Waals surface area (Å²) in [5, 5.41) is 2.97. The molecule has 0 saturated carbocycles. The normalized spacial score (nSPS) is 20.9. The largest absolute Gasteiger partial charge is 0.450 e. The second-order valence-corrected chi connectivity index (χ2v) is 7.16. The molecule has 2 fully saturated rings. The van der Waals surface area contributed by atoms with Crippen LogP contribution in [0.3, 0.4) is 0 Å². The van der Waals surface area contributed by atoms with Crippen molar-refractivity contribution in [1.29, 1.82) is 0 Å². The monoisotopic (exact) mass is 388 g/mol. The Kier molecular flexibility index (Phi) is 6.38. The first-order valence-electron chi connectivity index (χ1n) is 9.81. The summed E-state index contributed by atoms with van der Waals surface area (Å²) in [5.74, 6) is 0.0498. The zero-order valence-electron chi connectivity index (χ0n) is 16.5. The molecule has 2 aliphatic rings. The van der Waals surface area contributed by atoms with Crippen LogP contribution in [0.25, 0.3) is 0 Å². The highest BCUT2D eigenvalue weighted by Gasteiger charge is 2.35. The Morgan fingerprint density at radius 3 is 2.43 bits per heavy atom. The van der Waals surface area contributed by atoms with Crippen molar-refractivity contribution in [2.24, 2.45) is 0 Å². The molecule has 0 spiro atoms. The van der Waals surface area contributed by atoms with E-state index in [4.69, 9.17) is 4.74 Å². The van der Waals surface area contributed by atoms with Gasteiger partial charge in [-0.1, -0.05) is 30.3 Å². The molecule has 1 N–H and O–H groups in total. The molecule has 1 aromatic carbocycles. The number of rotatable bonds is 4. The van der Waals surface area contributed by atoms with Crippen LogP contribution < -0.4 is 5.32 Å². The van der Waals surface area contributed by atoms with Gasteiger partial charge in [0.1, 0.15) is 0 Å². The van der Waals surface area contributed by atoms with Crippen LogP contribution >= 0.6 is 0 Å². The molecule has 2 saturated heterocycles. The van der Waals surface area contributed by atoms with Gasteiger partial charge in [-0.15, -0.1) is 0 Å². The lowest BCUT2D eigenvalue weighted by Gasteiger charge is -2.34. The van der Waals surface area contributed by atoms with E-state index in [1.807, 2.05) is 42.2 Å². The highest BCUT2D eigenvalue weighted by atomic mass is 16.6. The smallest absolute Gasteiger partial charge is 0.409 e. The standard InChI is InChI=1S/C20H28N4O4/c1-3-28-20(27)23-11-9-22(10-12-23)19(26)21-17-13-18(25)24(14-17)15(2)16-7-5-4-6-8-16/h4-8,15,17H,3,9-14H2,1-2H3,(H,21,26). The maximum atomic E-state index is 12.6. The second kappa shape index (κ2) is 8.95. The number of nitrogens with one attached hydrogen (secondary N) is 1. The van der Waals surface area contributed by atoms with Crippen LogP contribution in [0.4, 0.5) is 9.59 Å². The van der Waals surface area contributed by atoms with Crippen molar-refractivity contribution in [3.63, 3.8) is 0 Å². The van der Waals surface area contributed by atoms with Gasteiger partial charge >= 0.3 is 12.1 Å². The minimum absolute atomic E-state index is 0.0243. The fourth-order valence-corrected chi connectivity index (χ4v) is 3.69. The van der Waals surface area contributed by atoms with Crippen LogP contribution in [0, 0.1) is 0 Å². The molecule has 3 rings (SSSR count). The van der Waals surface area contributed by atoms with E-state index in [0.29, 0.717) is 45.8 Å². The molecule has 0 bridgehead atoms. The number of piperazine rings is 1. The predicted molar refractivity (Wildman–Crippen MR) is 104 cm³/mol. The van der Waals surface area contributed by atoms with Gasteiger partial charge in [0, 0.05) is 39.1 Å². The summed E-state index contributed by atoms with van der Waals surface area (Å²) in [6.07, 6.45) is -0.0272. The summed E-state index contributed by atoms with van der Waals surface area (Å²) < 4.78 is 4.99. The average molecular weight is 388 g/mol. The molecule has 2 aliphatic heterocycles. The van der Waals surface area contributed by atoms with Gasteiger partial charge in [-0.2, -0.15) is 0 Å². The van der Waals surface area contributed by atoms with Crippen LogP contribution in [0.5, 0.6) is 0 Å². The number of hydrogen-bond donors (Lipinski definition) is 1. The number of benzene rings is 1. The molecule has 1 aromatic rings. The maximum absolute atomic E-state index is 12.6. The van der Waals surface area contributed by atoms with E-state index in [1.54, 1.807) is 16.7 Å². The van der Waals surface area contributed by atoms with Crippen molar-refractivity contribution in [3.8, 4) is 0 Å². The topological polar surface area (TPSA) is 82.2 Å². The Labute approximate surface area is 165 Å². The third-order valence-electron chi connectivity index (χ3n) is 5.33. The molecule has 28 heavy (non-hydrogen) atoms. The first-order chi connectivity index (χ1) is 13.5. The van der Waals surface area contributed by atoms with E-state index in [1.165, 1.54) is 0 Å². The quantitative estimate of drug-likeness (QED) is 0.853. The number of likely N-dealkylation sites (tertiary alicyclic amines) is 1. The van der Waals surface area contributed by atoms with Gasteiger partial charge in [0.2, 0.25) is 5.91 Å². The summed E-state index contributed by atoms with van der Waals surface area (Å²) in [4.78, 5) is 41.9. The fraction of sp³-hybridized carbons (Fsp3) is 0.550. The lowest BCUT2D eigenvalue weighted by Crippen LogP contribution is -2.54. The third kappa shape index (κ3) is 4.55. The van der Waals surface area contributed by atoms with E-state index in [9.17, 15) is 14.4 Å². The van der Waals surface area contributed by atoms with Crippen LogP contribution in [0.15, 0.2) is 30.3 Å². The van der Waals surface area contributed by atoms with Crippen LogP contribution in [0.1, 0.15) is 31.9 Å². The molecule has 2 atom stereocenters. The number of carbonyl (C=O) groups is 3. The van der Waals surface area contributed by atoms with Crippen molar-refractivity contribution < 1.29 is 19.1 Å². The van der Waals surface area contributed by atoms with E-state index in [-0.39, 0.29) is 30.1 Å². The number of carbonyl (C=O) groups excluding carboxylic acids is 3. The number of nitrogens with zero attached hydrogens (tertiary/aromatic N) is 3. The van der Waals surface area contributed by atoms with Gasteiger partial charge < -0.3 is 24.8 Å². The minimum Gasteiger partial charge on any atom is -0.450 e. The highest BCUT2D eigenvalue weighted by Crippen LogP contribution is 2.25. The van der Waals surface area contributed by atoms with Gasteiger partial charge in [0.25, 0.3) is 0 Å². The molecule has 0 aromatic heterocycles. The SMILES string of the molecule is CCOC(=O)N1CCN(C(=O)NC2CC(=O)N(C(C)c3ccccc3)C2)CC1. The van der Waals surface area contributed by atoms with Crippen molar-refractivity contribution >= 4 is 18.0 Å². The first-order valence-corrected chi connectivity index (χ1v) is 9.81. The summed E-state index contributed by atoms with van der Waals surface area (Å²) in [5.41, 5.74) is 1.08. The van der Waals surface area contributed by atoms with Crippen LogP contribution in [-0.4, -0.2) is 78.1 Å². The van der Waals surface area contributed by atoms with Gasteiger partial charge in [0.05, 0.1) is 18.7 Å². The van der Waals surface area contributed by atoms with Crippen LogP contribution in [0.2, 0.25) is 0 Å². The molecule has 8 heteroatoms. The molecule has 4 amide bonds. The number of hydrogen-bond acceptors (Lipinski definition) is 4.